The van der Waals surface area contributed by atoms with Crippen LogP contribution < -0.4 is 17.7 Å². The molecule has 1 aliphatic heterocycles. The number of rotatable bonds is 4. The van der Waals surface area contributed by atoms with Crippen molar-refractivity contribution in [3.05, 3.63) is 176 Å². The summed E-state index contributed by atoms with van der Waals surface area (Å²) in [5.74, 6) is 0.670. The molecule has 0 N–H and O–H groups in total. The van der Waals surface area contributed by atoms with E-state index in [4.69, 9.17) is 14.4 Å². The second-order valence-electron chi connectivity index (χ2n) is 13.3. The van der Waals surface area contributed by atoms with Crippen LogP contribution in [0, 0.1) is 0 Å². The molecule has 0 radical (unpaired) electrons. The number of nitrogens with zero attached hydrogens (tertiary/aromatic N) is 3. The second kappa shape index (κ2) is 10.9. The number of furan rings is 1. The van der Waals surface area contributed by atoms with E-state index < -0.39 is 13.3 Å². The van der Waals surface area contributed by atoms with E-state index in [9.17, 15) is 0 Å². The van der Waals surface area contributed by atoms with Crippen molar-refractivity contribution in [2.75, 3.05) is 0 Å². The summed E-state index contributed by atoms with van der Waals surface area (Å²) in [4.78, 5) is 11.4. The molecule has 3 aromatic heterocycles. The van der Waals surface area contributed by atoms with Crippen LogP contribution in [0.4, 0.5) is 0 Å². The molecule has 0 aliphatic carbocycles. The summed E-state index contributed by atoms with van der Waals surface area (Å²) in [7, 11) is 0. The van der Waals surface area contributed by atoms with Gasteiger partial charge in [-0.1, -0.05) is 0 Å². The number of benzene rings is 7. The Morgan fingerprint density at radius 3 is 1.88 bits per heavy atom. The third kappa shape index (κ3) is 3.91. The van der Waals surface area contributed by atoms with Gasteiger partial charge < -0.3 is 0 Å². The van der Waals surface area contributed by atoms with E-state index in [-0.39, 0.29) is 0 Å². The first-order valence-corrected chi connectivity index (χ1v) is 21.5. The maximum absolute atomic E-state index is 6.64. The van der Waals surface area contributed by atoms with E-state index in [1.165, 1.54) is 18.8 Å². The van der Waals surface area contributed by atoms with Gasteiger partial charge in [-0.25, -0.2) is 0 Å². The van der Waals surface area contributed by atoms with Crippen molar-refractivity contribution in [2.24, 2.45) is 0 Å². The molecular formula is C46H29GeN3O. The third-order valence-corrected chi connectivity index (χ3v) is 20.6. The number of para-hydroxylation sites is 2. The summed E-state index contributed by atoms with van der Waals surface area (Å²) in [5.41, 5.74) is 8.26. The maximum atomic E-state index is 6.64. The Bertz CT molecular complexity index is 2930. The summed E-state index contributed by atoms with van der Waals surface area (Å²) < 4.78 is 14.1. The van der Waals surface area contributed by atoms with Crippen molar-refractivity contribution in [2.45, 2.75) is 0 Å². The zero-order valence-corrected chi connectivity index (χ0v) is 29.6. The molecule has 0 unspecified atom stereocenters. The molecule has 0 saturated heterocycles. The number of aromatic nitrogens is 3. The minimum absolute atomic E-state index is 0.670. The summed E-state index contributed by atoms with van der Waals surface area (Å²) in [6.45, 7) is 0. The van der Waals surface area contributed by atoms with Crippen molar-refractivity contribution in [1.29, 1.82) is 0 Å². The fourth-order valence-corrected chi connectivity index (χ4v) is 19.1. The monoisotopic (exact) mass is 713 g/mol. The standard InChI is InChI=1S/C46H29GeN3O/c1-4-16-30(17-5-1)43-42-35-23-10-13-25-37(35)47(31-18-6-2-7-19-31,32-20-8-3-9-21-32)45(42)49-46(48-43)50-38-26-14-11-24-36(38)41-39(50)29-28-34-33-22-12-15-27-40(33)51-44(34)41/h1-29H. The van der Waals surface area contributed by atoms with Gasteiger partial charge in [0.15, 0.2) is 0 Å². The summed E-state index contributed by atoms with van der Waals surface area (Å²) in [5, 5.41) is 4.42. The molecule has 11 rings (SSSR count). The first-order chi connectivity index (χ1) is 25.3. The molecule has 0 bridgehead atoms. The van der Waals surface area contributed by atoms with Crippen LogP contribution in [0.5, 0.6) is 0 Å². The van der Waals surface area contributed by atoms with Crippen LogP contribution in [0.1, 0.15) is 0 Å². The fraction of sp³-hybridized carbons (Fsp3) is 0. The van der Waals surface area contributed by atoms with Crippen LogP contribution in [-0.2, 0) is 0 Å². The van der Waals surface area contributed by atoms with Gasteiger partial charge in [0.25, 0.3) is 0 Å². The van der Waals surface area contributed by atoms with Gasteiger partial charge >= 0.3 is 298 Å². The average molecular weight is 712 g/mol. The van der Waals surface area contributed by atoms with Gasteiger partial charge in [-0.15, -0.1) is 0 Å². The van der Waals surface area contributed by atoms with E-state index in [0.717, 1.165) is 65.1 Å². The predicted octanol–water partition coefficient (Wildman–Crippen LogP) is 8.50. The van der Waals surface area contributed by atoms with Crippen molar-refractivity contribution >= 4 is 74.7 Å². The summed E-state index contributed by atoms with van der Waals surface area (Å²) in [6.07, 6.45) is 0. The van der Waals surface area contributed by atoms with Crippen LogP contribution in [0.3, 0.4) is 0 Å². The van der Waals surface area contributed by atoms with Gasteiger partial charge in [0, 0.05) is 0 Å². The van der Waals surface area contributed by atoms with Gasteiger partial charge in [-0.05, 0) is 0 Å². The third-order valence-electron chi connectivity index (χ3n) is 10.7. The Kier molecular flexibility index (Phi) is 6.10. The number of hydrogen-bond acceptors (Lipinski definition) is 3. The van der Waals surface area contributed by atoms with Crippen molar-refractivity contribution in [3.63, 3.8) is 0 Å². The first kappa shape index (κ1) is 28.6. The van der Waals surface area contributed by atoms with E-state index in [1.54, 1.807) is 0 Å². The summed E-state index contributed by atoms with van der Waals surface area (Å²) >= 11 is -3.70. The molecule has 4 heterocycles. The zero-order chi connectivity index (χ0) is 33.5. The molecule has 4 nitrogen and oxygen atoms in total. The molecule has 0 saturated carbocycles. The molecule has 238 valence electrons. The second-order valence-corrected chi connectivity index (χ2v) is 21.0. The molecular weight excluding hydrogens is 683 g/mol. The van der Waals surface area contributed by atoms with Crippen LogP contribution in [0.2, 0.25) is 0 Å². The number of hydrogen-bond donors (Lipinski definition) is 0. The van der Waals surface area contributed by atoms with E-state index in [2.05, 4.69) is 168 Å². The summed E-state index contributed by atoms with van der Waals surface area (Å²) in [6, 6.07) is 63.1. The number of fused-ring (bicyclic) bond motifs is 10. The van der Waals surface area contributed by atoms with Gasteiger partial charge in [0.2, 0.25) is 0 Å². The molecule has 51 heavy (non-hydrogen) atoms. The van der Waals surface area contributed by atoms with Crippen LogP contribution in [0.15, 0.2) is 180 Å². The normalized spacial score (nSPS) is 13.3. The van der Waals surface area contributed by atoms with Crippen molar-refractivity contribution in [3.8, 4) is 28.3 Å². The van der Waals surface area contributed by atoms with Gasteiger partial charge in [0.1, 0.15) is 0 Å². The molecule has 1 aliphatic rings. The van der Waals surface area contributed by atoms with Crippen LogP contribution in [0.25, 0.3) is 72.1 Å². The Morgan fingerprint density at radius 2 is 1.12 bits per heavy atom. The predicted molar refractivity (Wildman–Crippen MR) is 212 cm³/mol. The van der Waals surface area contributed by atoms with Crippen LogP contribution >= 0.6 is 0 Å². The minimum atomic E-state index is -3.70. The van der Waals surface area contributed by atoms with Crippen molar-refractivity contribution < 1.29 is 4.42 Å². The molecule has 10 aromatic rings. The Hall–Kier alpha value is -6.24. The first-order valence-electron chi connectivity index (χ1n) is 17.3. The van der Waals surface area contributed by atoms with Gasteiger partial charge in [-0.2, -0.15) is 0 Å². The Balaban J connectivity index is 1.32. The van der Waals surface area contributed by atoms with E-state index >= 15 is 0 Å². The molecule has 0 spiro atoms. The molecule has 5 heteroatoms. The zero-order valence-electron chi connectivity index (χ0n) is 27.5. The van der Waals surface area contributed by atoms with Gasteiger partial charge in [-0.3, -0.25) is 0 Å². The Labute approximate surface area is 296 Å². The average Bonchev–Trinajstić information content (AvgIpc) is 3.85. The quantitative estimate of drug-likeness (QED) is 0.172. The van der Waals surface area contributed by atoms with E-state index in [1.807, 2.05) is 12.1 Å². The Morgan fingerprint density at radius 1 is 0.490 bits per heavy atom. The van der Waals surface area contributed by atoms with Crippen molar-refractivity contribution in [1.82, 2.24) is 14.5 Å². The molecule has 7 aromatic carbocycles. The van der Waals surface area contributed by atoms with Crippen LogP contribution in [-0.4, -0.2) is 27.8 Å². The fourth-order valence-electron chi connectivity index (χ4n) is 8.61. The van der Waals surface area contributed by atoms with Gasteiger partial charge in [0.05, 0.1) is 0 Å². The molecule has 0 fully saturated rings. The SMILES string of the molecule is c1ccc(-c2nc(-n3c4ccccc4c4c5oc6ccccc6c5ccc43)n[c]3c2-c2cccc[c]2[Ge]3([c]2ccccc2)[c]2ccccc2)cc1. The molecule has 0 amide bonds. The molecule has 0 atom stereocenters. The van der Waals surface area contributed by atoms with E-state index in [0.29, 0.717) is 5.95 Å². The topological polar surface area (TPSA) is 43.9 Å².